The van der Waals surface area contributed by atoms with Crippen LogP contribution in [0.2, 0.25) is 0 Å². The Balaban J connectivity index is 1.85. The Kier molecular flexibility index (Phi) is 3.79. The smallest absolute Gasteiger partial charge is 0.0706 e. The van der Waals surface area contributed by atoms with Crippen LogP contribution in [0.3, 0.4) is 0 Å². The Morgan fingerprint density at radius 1 is 1.30 bits per heavy atom. The number of hydrogen-bond donors (Lipinski definition) is 1. The monoisotopic (exact) mass is 271 g/mol. The third kappa shape index (κ3) is 2.47. The van der Waals surface area contributed by atoms with Gasteiger partial charge in [-0.3, -0.25) is 4.68 Å². The van der Waals surface area contributed by atoms with Crippen LogP contribution in [0, 0.1) is 11.8 Å². The standard InChI is InChI=1S/C17H25N3/c1-3-12-8-9-15(18)13(10-12)11-16-14-6-4-5-7-17(14)20(2)19-16/h4-7,12-13,15H,3,8-11,18H2,1-2H3. The first-order chi connectivity index (χ1) is 9.69. The molecule has 1 aromatic carbocycles. The Morgan fingerprint density at radius 2 is 2.10 bits per heavy atom. The maximum atomic E-state index is 6.36. The first kappa shape index (κ1) is 13.6. The number of rotatable bonds is 3. The van der Waals surface area contributed by atoms with Crippen molar-refractivity contribution in [1.82, 2.24) is 9.78 Å². The van der Waals surface area contributed by atoms with Crippen molar-refractivity contribution in [2.45, 2.75) is 45.1 Å². The van der Waals surface area contributed by atoms with E-state index in [4.69, 9.17) is 10.8 Å². The molecule has 1 heterocycles. The molecule has 108 valence electrons. The van der Waals surface area contributed by atoms with E-state index < -0.39 is 0 Å². The van der Waals surface area contributed by atoms with Gasteiger partial charge in [0.25, 0.3) is 0 Å². The second kappa shape index (κ2) is 5.57. The van der Waals surface area contributed by atoms with Crippen LogP contribution < -0.4 is 5.73 Å². The highest BCUT2D eigenvalue weighted by atomic mass is 15.3. The number of nitrogens with zero attached hydrogens (tertiary/aromatic N) is 2. The minimum Gasteiger partial charge on any atom is -0.327 e. The van der Waals surface area contributed by atoms with Crippen molar-refractivity contribution in [3.63, 3.8) is 0 Å². The Bertz CT molecular complexity index is 587. The summed E-state index contributed by atoms with van der Waals surface area (Å²) in [6.45, 7) is 2.30. The van der Waals surface area contributed by atoms with Crippen molar-refractivity contribution < 1.29 is 0 Å². The quantitative estimate of drug-likeness (QED) is 0.931. The number of nitrogens with two attached hydrogens (primary N) is 1. The van der Waals surface area contributed by atoms with E-state index in [9.17, 15) is 0 Å². The number of hydrogen-bond acceptors (Lipinski definition) is 2. The fourth-order valence-electron chi connectivity index (χ4n) is 3.68. The van der Waals surface area contributed by atoms with E-state index in [-0.39, 0.29) is 0 Å². The fourth-order valence-corrected chi connectivity index (χ4v) is 3.68. The first-order valence-electron chi connectivity index (χ1n) is 7.85. The summed E-state index contributed by atoms with van der Waals surface area (Å²) >= 11 is 0. The van der Waals surface area contributed by atoms with E-state index in [0.717, 1.165) is 12.3 Å². The van der Waals surface area contributed by atoms with Gasteiger partial charge in [0, 0.05) is 18.5 Å². The second-order valence-electron chi connectivity index (χ2n) is 6.30. The third-order valence-electron chi connectivity index (χ3n) is 5.02. The van der Waals surface area contributed by atoms with Crippen LogP contribution in [0.4, 0.5) is 0 Å². The van der Waals surface area contributed by atoms with Gasteiger partial charge in [0.2, 0.25) is 0 Å². The zero-order valence-corrected chi connectivity index (χ0v) is 12.5. The molecular weight excluding hydrogens is 246 g/mol. The molecule has 1 aromatic heterocycles. The normalized spacial score (nSPS) is 27.1. The maximum absolute atomic E-state index is 6.36. The first-order valence-corrected chi connectivity index (χ1v) is 7.85. The lowest BCUT2D eigenvalue weighted by molar-refractivity contribution is 0.226. The van der Waals surface area contributed by atoms with Gasteiger partial charge in [0.1, 0.15) is 0 Å². The van der Waals surface area contributed by atoms with Crippen molar-refractivity contribution >= 4 is 10.9 Å². The summed E-state index contributed by atoms with van der Waals surface area (Å²) in [5.74, 6) is 1.45. The fraction of sp³-hybridized carbons (Fsp3) is 0.588. The zero-order chi connectivity index (χ0) is 14.1. The van der Waals surface area contributed by atoms with Crippen LogP contribution in [-0.2, 0) is 13.5 Å². The molecule has 3 atom stereocenters. The highest BCUT2D eigenvalue weighted by molar-refractivity contribution is 5.81. The van der Waals surface area contributed by atoms with Crippen LogP contribution in [0.1, 0.15) is 38.3 Å². The van der Waals surface area contributed by atoms with Crippen LogP contribution in [0.5, 0.6) is 0 Å². The molecule has 2 N–H and O–H groups in total. The topological polar surface area (TPSA) is 43.8 Å². The molecule has 0 radical (unpaired) electrons. The molecule has 0 aliphatic heterocycles. The highest BCUT2D eigenvalue weighted by Crippen LogP contribution is 2.33. The maximum Gasteiger partial charge on any atom is 0.0706 e. The van der Waals surface area contributed by atoms with Gasteiger partial charge in [0.05, 0.1) is 11.2 Å². The molecule has 3 nitrogen and oxygen atoms in total. The minimum atomic E-state index is 0.346. The van der Waals surface area contributed by atoms with Crippen molar-refractivity contribution in [3.05, 3.63) is 30.0 Å². The van der Waals surface area contributed by atoms with Crippen LogP contribution in [0.25, 0.3) is 10.9 Å². The summed E-state index contributed by atoms with van der Waals surface area (Å²) in [7, 11) is 2.03. The summed E-state index contributed by atoms with van der Waals surface area (Å²) in [5, 5.41) is 6.02. The lowest BCUT2D eigenvalue weighted by Gasteiger charge is -2.33. The van der Waals surface area contributed by atoms with E-state index >= 15 is 0 Å². The van der Waals surface area contributed by atoms with E-state index in [1.54, 1.807) is 0 Å². The van der Waals surface area contributed by atoms with Gasteiger partial charge in [-0.1, -0.05) is 31.5 Å². The summed E-state index contributed by atoms with van der Waals surface area (Å²) in [4.78, 5) is 0. The molecule has 0 spiro atoms. The van der Waals surface area contributed by atoms with Crippen molar-refractivity contribution in [2.75, 3.05) is 0 Å². The third-order valence-corrected chi connectivity index (χ3v) is 5.02. The minimum absolute atomic E-state index is 0.346. The van der Waals surface area contributed by atoms with Crippen molar-refractivity contribution in [1.29, 1.82) is 0 Å². The average Bonchev–Trinajstić information content (AvgIpc) is 2.78. The molecule has 0 bridgehead atoms. The molecule has 1 aliphatic rings. The molecular formula is C17H25N3. The molecule has 3 rings (SSSR count). The molecule has 1 aliphatic carbocycles. The second-order valence-corrected chi connectivity index (χ2v) is 6.30. The molecule has 1 fully saturated rings. The van der Waals surface area contributed by atoms with Crippen molar-refractivity contribution in [2.24, 2.45) is 24.6 Å². The molecule has 2 aromatic rings. The largest absolute Gasteiger partial charge is 0.327 e. The van der Waals surface area contributed by atoms with Crippen LogP contribution in [-0.4, -0.2) is 15.8 Å². The highest BCUT2D eigenvalue weighted by Gasteiger charge is 2.28. The summed E-state index contributed by atoms with van der Waals surface area (Å²) in [5.41, 5.74) is 8.80. The molecule has 3 heteroatoms. The van der Waals surface area contributed by atoms with Crippen LogP contribution >= 0.6 is 0 Å². The number of benzene rings is 1. The van der Waals surface area contributed by atoms with E-state index in [1.807, 2.05) is 11.7 Å². The van der Waals surface area contributed by atoms with E-state index in [1.165, 1.54) is 42.3 Å². The summed E-state index contributed by atoms with van der Waals surface area (Å²) in [6.07, 6.45) is 6.05. The van der Waals surface area contributed by atoms with E-state index in [2.05, 4.69) is 31.2 Å². The van der Waals surface area contributed by atoms with Gasteiger partial charge in [-0.25, -0.2) is 0 Å². The number of para-hydroxylation sites is 1. The van der Waals surface area contributed by atoms with Gasteiger partial charge in [-0.2, -0.15) is 5.10 Å². The Labute approximate surface area is 121 Å². The van der Waals surface area contributed by atoms with Gasteiger partial charge in [-0.15, -0.1) is 0 Å². The number of aromatic nitrogens is 2. The van der Waals surface area contributed by atoms with Gasteiger partial charge in [0.15, 0.2) is 0 Å². The van der Waals surface area contributed by atoms with Gasteiger partial charge < -0.3 is 5.73 Å². The molecule has 3 unspecified atom stereocenters. The SMILES string of the molecule is CCC1CCC(N)C(Cc2nn(C)c3ccccc23)C1. The molecule has 0 saturated heterocycles. The van der Waals surface area contributed by atoms with Gasteiger partial charge >= 0.3 is 0 Å². The molecule has 20 heavy (non-hydrogen) atoms. The number of aryl methyl sites for hydroxylation is 1. The lowest BCUT2D eigenvalue weighted by atomic mass is 9.75. The number of fused-ring (bicyclic) bond motifs is 1. The summed E-state index contributed by atoms with van der Waals surface area (Å²) in [6, 6.07) is 8.85. The van der Waals surface area contributed by atoms with Gasteiger partial charge in [-0.05, 0) is 43.6 Å². The van der Waals surface area contributed by atoms with E-state index in [0.29, 0.717) is 12.0 Å². The summed E-state index contributed by atoms with van der Waals surface area (Å²) < 4.78 is 2.00. The average molecular weight is 271 g/mol. The Hall–Kier alpha value is -1.35. The lowest BCUT2D eigenvalue weighted by Crippen LogP contribution is -2.37. The molecule has 0 amide bonds. The predicted molar refractivity (Wildman–Crippen MR) is 83.5 cm³/mol. The Morgan fingerprint density at radius 3 is 2.90 bits per heavy atom. The predicted octanol–water partition coefficient (Wildman–Crippen LogP) is 3.27. The van der Waals surface area contributed by atoms with Crippen LogP contribution in [0.15, 0.2) is 24.3 Å². The zero-order valence-electron chi connectivity index (χ0n) is 12.5. The van der Waals surface area contributed by atoms with Crippen molar-refractivity contribution in [3.8, 4) is 0 Å². The molecule has 1 saturated carbocycles.